The van der Waals surface area contributed by atoms with Crippen LogP contribution in [0, 0.1) is 0 Å². The Morgan fingerprint density at radius 1 is 1.15 bits per heavy atom. The molecule has 0 radical (unpaired) electrons. The van der Waals surface area contributed by atoms with Crippen molar-refractivity contribution < 1.29 is 19.4 Å². The number of amides is 2. The van der Waals surface area contributed by atoms with E-state index in [-0.39, 0.29) is 17.9 Å². The molecule has 4 rings (SSSR count). The van der Waals surface area contributed by atoms with Crippen LogP contribution in [0.4, 0.5) is 0 Å². The number of piperidine rings is 1. The second-order valence-electron chi connectivity index (χ2n) is 10.2. The minimum atomic E-state index is -1.10. The minimum absolute atomic E-state index is 0.0682. The summed E-state index contributed by atoms with van der Waals surface area (Å²) < 4.78 is 5.83. The largest absolute Gasteiger partial charge is 0.388 e. The molecular formula is C27H35N3O4. The summed E-state index contributed by atoms with van der Waals surface area (Å²) in [6, 6.07) is 17.0. The van der Waals surface area contributed by atoms with Gasteiger partial charge in [0.1, 0.15) is 6.04 Å². The molecule has 1 saturated heterocycles. The van der Waals surface area contributed by atoms with Crippen LogP contribution < -0.4 is 11.1 Å². The lowest BCUT2D eigenvalue weighted by atomic mass is 9.73. The van der Waals surface area contributed by atoms with Crippen molar-refractivity contribution in [2.75, 3.05) is 19.7 Å². The number of aliphatic hydroxyl groups is 1. The Labute approximate surface area is 201 Å². The van der Waals surface area contributed by atoms with Gasteiger partial charge in [-0.2, -0.15) is 0 Å². The molecule has 2 aromatic rings. The zero-order valence-corrected chi connectivity index (χ0v) is 20.0. The maximum absolute atomic E-state index is 13.5. The summed E-state index contributed by atoms with van der Waals surface area (Å²) in [7, 11) is 0. The Bertz CT molecular complexity index is 1010. The zero-order valence-electron chi connectivity index (χ0n) is 20.0. The molecule has 34 heavy (non-hydrogen) atoms. The molecule has 7 heteroatoms. The van der Waals surface area contributed by atoms with Crippen molar-refractivity contribution in [3.63, 3.8) is 0 Å². The molecule has 1 fully saturated rings. The summed E-state index contributed by atoms with van der Waals surface area (Å²) in [5, 5.41) is 13.4. The number of aliphatic hydroxyl groups excluding tert-OH is 1. The van der Waals surface area contributed by atoms with Crippen LogP contribution in [0.5, 0.6) is 0 Å². The molecule has 0 saturated carbocycles. The lowest BCUT2D eigenvalue weighted by Gasteiger charge is -2.41. The molecular weight excluding hydrogens is 430 g/mol. The average Bonchev–Trinajstić information content (AvgIpc) is 3.10. The lowest BCUT2D eigenvalue weighted by molar-refractivity contribution is -0.140. The molecule has 1 spiro atoms. The van der Waals surface area contributed by atoms with Crippen LogP contribution in [-0.4, -0.2) is 53.1 Å². The van der Waals surface area contributed by atoms with Crippen LogP contribution >= 0.6 is 0 Å². The van der Waals surface area contributed by atoms with E-state index in [0.29, 0.717) is 26.1 Å². The molecule has 182 valence electrons. The Morgan fingerprint density at radius 3 is 2.47 bits per heavy atom. The predicted molar refractivity (Wildman–Crippen MR) is 130 cm³/mol. The van der Waals surface area contributed by atoms with Gasteiger partial charge in [0, 0.05) is 18.5 Å². The molecule has 7 nitrogen and oxygen atoms in total. The summed E-state index contributed by atoms with van der Waals surface area (Å²) in [4.78, 5) is 27.8. The Balaban J connectivity index is 1.42. The number of nitrogens with two attached hydrogens (primary N) is 1. The molecule has 1 aliphatic heterocycles. The van der Waals surface area contributed by atoms with Gasteiger partial charge in [-0.05, 0) is 49.8 Å². The van der Waals surface area contributed by atoms with Gasteiger partial charge < -0.3 is 25.8 Å². The van der Waals surface area contributed by atoms with E-state index in [9.17, 15) is 14.7 Å². The predicted octanol–water partition coefficient (Wildman–Crippen LogP) is 2.42. The van der Waals surface area contributed by atoms with E-state index in [0.717, 1.165) is 24.0 Å². The summed E-state index contributed by atoms with van der Waals surface area (Å²) in [6.07, 6.45) is 1.79. The fourth-order valence-corrected chi connectivity index (χ4v) is 5.10. The van der Waals surface area contributed by atoms with Crippen molar-refractivity contribution in [3.05, 3.63) is 71.3 Å². The standard InChI is InChI=1S/C27H35N3O4/c1-26(2,28)25(33)29-22(18-34-17-19-8-4-3-5-9-19)24(32)30-14-12-27(13-15-30)16-23(31)20-10-6-7-11-21(20)27/h3-11,22-23,31H,12-18,28H2,1-2H3,(H,29,33)/t22-,23-/m1/s1. The molecule has 0 unspecified atom stereocenters. The Hall–Kier alpha value is -2.74. The average molecular weight is 466 g/mol. The van der Waals surface area contributed by atoms with E-state index in [4.69, 9.17) is 10.5 Å². The minimum Gasteiger partial charge on any atom is -0.388 e. The highest BCUT2D eigenvalue weighted by molar-refractivity contribution is 5.91. The fraction of sp³-hybridized carbons (Fsp3) is 0.481. The number of hydrogen-bond acceptors (Lipinski definition) is 5. The van der Waals surface area contributed by atoms with E-state index in [1.807, 2.05) is 48.5 Å². The van der Waals surface area contributed by atoms with Crippen molar-refractivity contribution in [3.8, 4) is 0 Å². The number of ether oxygens (including phenoxy) is 1. The zero-order chi connectivity index (χ0) is 24.3. The molecule has 0 bridgehead atoms. The molecule has 4 N–H and O–H groups in total. The molecule has 2 aromatic carbocycles. The second-order valence-corrected chi connectivity index (χ2v) is 10.2. The number of likely N-dealkylation sites (tertiary alicyclic amines) is 1. The van der Waals surface area contributed by atoms with Crippen LogP contribution in [0.3, 0.4) is 0 Å². The van der Waals surface area contributed by atoms with E-state index < -0.39 is 23.6 Å². The van der Waals surface area contributed by atoms with E-state index in [1.54, 1.807) is 18.7 Å². The maximum atomic E-state index is 13.5. The topological polar surface area (TPSA) is 105 Å². The van der Waals surface area contributed by atoms with E-state index in [1.165, 1.54) is 5.56 Å². The normalized spacial score (nSPS) is 20.1. The van der Waals surface area contributed by atoms with Gasteiger partial charge in [-0.3, -0.25) is 9.59 Å². The first-order chi connectivity index (χ1) is 16.2. The number of carbonyl (C=O) groups excluding carboxylic acids is 2. The number of nitrogens with zero attached hydrogens (tertiary/aromatic N) is 1. The van der Waals surface area contributed by atoms with Crippen LogP contribution in [0.2, 0.25) is 0 Å². The number of rotatable bonds is 7. The van der Waals surface area contributed by atoms with Crippen LogP contribution in [0.1, 0.15) is 55.9 Å². The van der Waals surface area contributed by atoms with Crippen molar-refractivity contribution in [1.82, 2.24) is 10.2 Å². The Morgan fingerprint density at radius 2 is 1.79 bits per heavy atom. The monoisotopic (exact) mass is 465 g/mol. The van der Waals surface area contributed by atoms with Gasteiger partial charge in [0.25, 0.3) is 0 Å². The third-order valence-electron chi connectivity index (χ3n) is 7.09. The third kappa shape index (κ3) is 5.17. The highest BCUT2D eigenvalue weighted by atomic mass is 16.5. The van der Waals surface area contributed by atoms with Crippen molar-refractivity contribution in [1.29, 1.82) is 0 Å². The van der Waals surface area contributed by atoms with Crippen molar-refractivity contribution in [2.45, 2.75) is 62.8 Å². The first-order valence-corrected chi connectivity index (χ1v) is 12.0. The van der Waals surface area contributed by atoms with Crippen LogP contribution in [-0.2, 0) is 26.3 Å². The number of hydrogen-bond donors (Lipinski definition) is 3. The van der Waals surface area contributed by atoms with Crippen LogP contribution in [0.15, 0.2) is 54.6 Å². The number of nitrogens with one attached hydrogen (secondary N) is 1. The van der Waals surface area contributed by atoms with Gasteiger partial charge in [0.05, 0.1) is 24.9 Å². The van der Waals surface area contributed by atoms with E-state index >= 15 is 0 Å². The fourth-order valence-electron chi connectivity index (χ4n) is 5.10. The quantitative estimate of drug-likeness (QED) is 0.583. The van der Waals surface area contributed by atoms with Gasteiger partial charge in [-0.1, -0.05) is 54.6 Å². The van der Waals surface area contributed by atoms with Crippen molar-refractivity contribution in [2.24, 2.45) is 5.73 Å². The van der Waals surface area contributed by atoms with Crippen molar-refractivity contribution >= 4 is 11.8 Å². The second kappa shape index (κ2) is 9.86. The Kier molecular flexibility index (Phi) is 7.07. The molecule has 1 heterocycles. The van der Waals surface area contributed by atoms with Crippen LogP contribution in [0.25, 0.3) is 0 Å². The molecule has 1 aliphatic carbocycles. The smallest absolute Gasteiger partial charge is 0.247 e. The first kappa shape index (κ1) is 24.4. The molecule has 2 amide bonds. The number of benzene rings is 2. The highest BCUT2D eigenvalue weighted by Crippen LogP contribution is 2.50. The molecule has 2 atom stereocenters. The summed E-state index contributed by atoms with van der Waals surface area (Å²) in [5.41, 5.74) is 7.96. The van der Waals surface area contributed by atoms with Gasteiger partial charge in [0.15, 0.2) is 0 Å². The number of fused-ring (bicyclic) bond motifs is 2. The lowest BCUT2D eigenvalue weighted by Crippen LogP contribution is -2.59. The van der Waals surface area contributed by atoms with Gasteiger partial charge in [-0.25, -0.2) is 0 Å². The van der Waals surface area contributed by atoms with E-state index in [2.05, 4.69) is 11.4 Å². The maximum Gasteiger partial charge on any atom is 0.247 e. The number of carbonyl (C=O) groups is 2. The first-order valence-electron chi connectivity index (χ1n) is 12.0. The highest BCUT2D eigenvalue weighted by Gasteiger charge is 2.46. The summed E-state index contributed by atoms with van der Waals surface area (Å²) in [5.74, 6) is -0.553. The SMILES string of the molecule is CC(C)(N)C(=O)N[C@H](COCc1ccccc1)C(=O)N1CCC2(CC1)C[C@@H](O)c1ccccc12. The molecule has 0 aromatic heterocycles. The van der Waals surface area contributed by atoms with Gasteiger partial charge in [-0.15, -0.1) is 0 Å². The summed E-state index contributed by atoms with van der Waals surface area (Å²) in [6.45, 7) is 4.78. The third-order valence-corrected chi connectivity index (χ3v) is 7.09. The summed E-state index contributed by atoms with van der Waals surface area (Å²) >= 11 is 0. The van der Waals surface area contributed by atoms with Gasteiger partial charge >= 0.3 is 0 Å². The molecule has 2 aliphatic rings. The van der Waals surface area contributed by atoms with Gasteiger partial charge in [0.2, 0.25) is 11.8 Å².